The molecule has 1 aliphatic heterocycles. The maximum Gasteiger partial charge on any atom is 0.224 e. The predicted octanol–water partition coefficient (Wildman–Crippen LogP) is 3.09. The molecule has 0 unspecified atom stereocenters. The van der Waals surface area contributed by atoms with Gasteiger partial charge >= 0.3 is 0 Å². The van der Waals surface area contributed by atoms with E-state index in [1.165, 1.54) is 5.56 Å². The number of ether oxygens (including phenoxy) is 1. The first-order valence-corrected chi connectivity index (χ1v) is 9.74. The molecule has 0 bridgehead atoms. The normalized spacial score (nSPS) is 14.5. The number of methoxy groups -OCH3 is 1. The third-order valence-corrected chi connectivity index (χ3v) is 5.50. The number of para-hydroxylation sites is 2. The van der Waals surface area contributed by atoms with Gasteiger partial charge in [-0.2, -0.15) is 5.10 Å². The lowest BCUT2D eigenvalue weighted by molar-refractivity contribution is -0.131. The van der Waals surface area contributed by atoms with Crippen molar-refractivity contribution in [1.29, 1.82) is 0 Å². The summed E-state index contributed by atoms with van der Waals surface area (Å²) in [5, 5.41) is 5.62. The van der Waals surface area contributed by atoms with E-state index in [1.807, 2.05) is 40.0 Å². The molecule has 0 N–H and O–H groups in total. The second kappa shape index (κ2) is 7.92. The fraction of sp³-hybridized carbons (Fsp3) is 0.364. The summed E-state index contributed by atoms with van der Waals surface area (Å²) in [6.45, 7) is 5.79. The van der Waals surface area contributed by atoms with Crippen molar-refractivity contribution in [3.8, 4) is 5.75 Å². The van der Waals surface area contributed by atoms with Crippen LogP contribution in [-0.2, 0) is 11.3 Å². The van der Waals surface area contributed by atoms with Crippen molar-refractivity contribution in [1.82, 2.24) is 14.7 Å². The van der Waals surface area contributed by atoms with Crippen molar-refractivity contribution in [2.45, 2.75) is 19.9 Å². The number of nitrogens with zero attached hydrogens (tertiary/aromatic N) is 4. The molecular weight excluding hydrogens is 352 g/mol. The average Bonchev–Trinajstić information content (AvgIpc) is 3.16. The van der Waals surface area contributed by atoms with E-state index in [0.717, 1.165) is 48.5 Å². The molecule has 1 saturated heterocycles. The van der Waals surface area contributed by atoms with Gasteiger partial charge in [0, 0.05) is 38.0 Å². The van der Waals surface area contributed by atoms with Crippen LogP contribution >= 0.6 is 0 Å². The number of aryl methyl sites for hydroxylation is 2. The molecule has 0 spiro atoms. The molecule has 4 rings (SSSR count). The SMILES string of the molecule is COc1ccccc1N1CCN(C(=O)CCn2ncc3c(C)cccc32)CC1. The monoisotopic (exact) mass is 378 g/mol. The van der Waals surface area contributed by atoms with Crippen LogP contribution in [-0.4, -0.2) is 53.9 Å². The van der Waals surface area contributed by atoms with Crippen LogP contribution in [0.2, 0.25) is 0 Å². The van der Waals surface area contributed by atoms with Crippen LogP contribution in [0, 0.1) is 6.92 Å². The maximum atomic E-state index is 12.7. The summed E-state index contributed by atoms with van der Waals surface area (Å²) in [5.41, 5.74) is 3.40. The molecule has 1 aliphatic rings. The Bertz CT molecular complexity index is 974. The molecule has 28 heavy (non-hydrogen) atoms. The van der Waals surface area contributed by atoms with Crippen molar-refractivity contribution >= 4 is 22.5 Å². The van der Waals surface area contributed by atoms with Crippen molar-refractivity contribution < 1.29 is 9.53 Å². The molecule has 6 heteroatoms. The fourth-order valence-electron chi connectivity index (χ4n) is 3.87. The molecule has 2 aromatic carbocycles. The van der Waals surface area contributed by atoms with E-state index in [2.05, 4.69) is 35.1 Å². The van der Waals surface area contributed by atoms with E-state index < -0.39 is 0 Å². The Morgan fingerprint density at radius 2 is 1.86 bits per heavy atom. The largest absolute Gasteiger partial charge is 0.495 e. The van der Waals surface area contributed by atoms with Gasteiger partial charge in [0.05, 0.1) is 31.1 Å². The van der Waals surface area contributed by atoms with E-state index in [-0.39, 0.29) is 5.91 Å². The van der Waals surface area contributed by atoms with Gasteiger partial charge < -0.3 is 14.5 Å². The minimum absolute atomic E-state index is 0.191. The molecule has 0 atom stereocenters. The average molecular weight is 378 g/mol. The van der Waals surface area contributed by atoms with Gasteiger partial charge in [-0.1, -0.05) is 24.3 Å². The van der Waals surface area contributed by atoms with Crippen LogP contribution in [0.3, 0.4) is 0 Å². The Morgan fingerprint density at radius 3 is 2.64 bits per heavy atom. The summed E-state index contributed by atoms with van der Waals surface area (Å²) >= 11 is 0. The van der Waals surface area contributed by atoms with Gasteiger partial charge in [0.15, 0.2) is 0 Å². The van der Waals surface area contributed by atoms with Crippen molar-refractivity contribution in [3.05, 3.63) is 54.2 Å². The smallest absolute Gasteiger partial charge is 0.224 e. The lowest BCUT2D eigenvalue weighted by Crippen LogP contribution is -2.49. The first-order valence-electron chi connectivity index (χ1n) is 9.74. The number of carbonyl (C=O) groups is 1. The summed E-state index contributed by atoms with van der Waals surface area (Å²) < 4.78 is 7.40. The van der Waals surface area contributed by atoms with Gasteiger partial charge in [-0.25, -0.2) is 0 Å². The number of hydrogen-bond donors (Lipinski definition) is 0. The van der Waals surface area contributed by atoms with E-state index in [4.69, 9.17) is 4.74 Å². The number of fused-ring (bicyclic) bond motifs is 1. The lowest BCUT2D eigenvalue weighted by Gasteiger charge is -2.36. The van der Waals surface area contributed by atoms with Crippen molar-refractivity contribution in [3.63, 3.8) is 0 Å². The molecule has 6 nitrogen and oxygen atoms in total. The minimum atomic E-state index is 0.191. The van der Waals surface area contributed by atoms with E-state index in [0.29, 0.717) is 13.0 Å². The van der Waals surface area contributed by atoms with Gasteiger partial charge in [-0.3, -0.25) is 9.48 Å². The van der Waals surface area contributed by atoms with E-state index >= 15 is 0 Å². The fourth-order valence-corrected chi connectivity index (χ4v) is 3.87. The maximum absolute atomic E-state index is 12.7. The Kier molecular flexibility index (Phi) is 5.19. The Morgan fingerprint density at radius 1 is 1.07 bits per heavy atom. The number of anilines is 1. The zero-order chi connectivity index (χ0) is 19.5. The van der Waals surface area contributed by atoms with Gasteiger partial charge in [0.25, 0.3) is 0 Å². The highest BCUT2D eigenvalue weighted by Crippen LogP contribution is 2.28. The third-order valence-electron chi connectivity index (χ3n) is 5.50. The molecule has 3 aromatic rings. The molecule has 1 amide bonds. The quantitative estimate of drug-likeness (QED) is 0.685. The molecule has 0 radical (unpaired) electrons. The van der Waals surface area contributed by atoms with Gasteiger partial charge in [0.2, 0.25) is 5.91 Å². The molecule has 0 aliphatic carbocycles. The zero-order valence-corrected chi connectivity index (χ0v) is 16.5. The zero-order valence-electron chi connectivity index (χ0n) is 16.5. The minimum Gasteiger partial charge on any atom is -0.495 e. The Balaban J connectivity index is 1.35. The van der Waals surface area contributed by atoms with E-state index in [1.54, 1.807) is 7.11 Å². The topological polar surface area (TPSA) is 50.6 Å². The molecule has 1 fully saturated rings. The van der Waals surface area contributed by atoms with Crippen molar-refractivity contribution in [2.24, 2.45) is 0 Å². The first kappa shape index (κ1) is 18.3. The lowest BCUT2D eigenvalue weighted by atomic mass is 10.1. The number of hydrogen-bond acceptors (Lipinski definition) is 4. The van der Waals surface area contributed by atoms with Crippen molar-refractivity contribution in [2.75, 3.05) is 38.2 Å². The highest BCUT2D eigenvalue weighted by Gasteiger charge is 2.22. The van der Waals surface area contributed by atoms with Crippen LogP contribution < -0.4 is 9.64 Å². The molecule has 2 heterocycles. The highest BCUT2D eigenvalue weighted by molar-refractivity contribution is 5.82. The summed E-state index contributed by atoms with van der Waals surface area (Å²) in [7, 11) is 1.69. The van der Waals surface area contributed by atoms with E-state index in [9.17, 15) is 4.79 Å². The summed E-state index contributed by atoms with van der Waals surface area (Å²) in [4.78, 5) is 16.9. The number of carbonyl (C=O) groups excluding carboxylic acids is 1. The molecule has 146 valence electrons. The molecule has 0 saturated carbocycles. The Labute approximate surface area is 165 Å². The molecular formula is C22H26N4O2. The van der Waals surface area contributed by atoms with Crippen LogP contribution in [0.4, 0.5) is 5.69 Å². The van der Waals surface area contributed by atoms with Crippen LogP contribution in [0.25, 0.3) is 10.9 Å². The standard InChI is InChI=1S/C22H26N4O2/c1-17-6-5-8-19-18(17)16-23-26(19)11-10-22(27)25-14-12-24(13-15-25)20-7-3-4-9-21(20)28-2/h3-9,16H,10-15H2,1-2H3. The first-order chi connectivity index (χ1) is 13.7. The summed E-state index contributed by atoms with van der Waals surface area (Å²) in [6.07, 6.45) is 2.36. The van der Waals surface area contributed by atoms with Crippen LogP contribution in [0.1, 0.15) is 12.0 Å². The van der Waals surface area contributed by atoms with Crippen LogP contribution in [0.5, 0.6) is 5.75 Å². The Hall–Kier alpha value is -3.02. The third kappa shape index (κ3) is 3.54. The van der Waals surface area contributed by atoms with Crippen LogP contribution in [0.15, 0.2) is 48.7 Å². The summed E-state index contributed by atoms with van der Waals surface area (Å²) in [6, 6.07) is 14.2. The molecule has 1 aromatic heterocycles. The highest BCUT2D eigenvalue weighted by atomic mass is 16.5. The second-order valence-electron chi connectivity index (χ2n) is 7.17. The van der Waals surface area contributed by atoms with Gasteiger partial charge in [0.1, 0.15) is 5.75 Å². The van der Waals surface area contributed by atoms with Gasteiger partial charge in [-0.05, 0) is 30.7 Å². The number of benzene rings is 2. The predicted molar refractivity (Wildman–Crippen MR) is 111 cm³/mol. The number of aromatic nitrogens is 2. The number of rotatable bonds is 5. The second-order valence-corrected chi connectivity index (χ2v) is 7.17. The van der Waals surface area contributed by atoms with Gasteiger partial charge in [-0.15, -0.1) is 0 Å². The number of piperazine rings is 1. The number of amides is 1. The summed E-state index contributed by atoms with van der Waals surface area (Å²) in [5.74, 6) is 1.07.